The Labute approximate surface area is 164 Å². The number of amides is 2. The molecule has 0 saturated carbocycles. The van der Waals surface area contributed by atoms with E-state index in [2.05, 4.69) is 26.1 Å². The van der Waals surface area contributed by atoms with E-state index in [9.17, 15) is 9.59 Å². The molecule has 1 atom stereocenters. The zero-order valence-electron chi connectivity index (χ0n) is 15.7. The SMILES string of the molecule is CC(C)COC(=O)N1CCCN(C(C)C(=O)Nc2ccc(Br)cc2)CC1. The lowest BCUT2D eigenvalue weighted by atomic mass is 10.2. The maximum atomic E-state index is 12.5. The first-order valence-electron chi connectivity index (χ1n) is 9.09. The highest BCUT2D eigenvalue weighted by Crippen LogP contribution is 2.15. The molecule has 0 bridgehead atoms. The second kappa shape index (κ2) is 9.92. The highest BCUT2D eigenvalue weighted by Gasteiger charge is 2.26. The van der Waals surface area contributed by atoms with Crippen LogP contribution in [0.3, 0.4) is 0 Å². The molecule has 1 aliphatic rings. The normalized spacial score (nSPS) is 16.9. The third-order valence-corrected chi connectivity index (χ3v) is 4.90. The zero-order chi connectivity index (χ0) is 19.1. The van der Waals surface area contributed by atoms with Gasteiger partial charge in [-0.3, -0.25) is 9.69 Å². The molecule has 1 aliphatic heterocycles. The lowest BCUT2D eigenvalue weighted by molar-refractivity contribution is -0.120. The fraction of sp³-hybridized carbons (Fsp3) is 0.579. The van der Waals surface area contributed by atoms with Crippen molar-refractivity contribution in [2.45, 2.75) is 33.2 Å². The third kappa shape index (κ3) is 6.29. The molecule has 1 N–H and O–H groups in total. The Balaban J connectivity index is 1.85. The molecule has 144 valence electrons. The number of benzene rings is 1. The molecule has 1 unspecified atom stereocenters. The lowest BCUT2D eigenvalue weighted by Crippen LogP contribution is -2.44. The Hall–Kier alpha value is -1.60. The summed E-state index contributed by atoms with van der Waals surface area (Å²) in [6, 6.07) is 7.26. The van der Waals surface area contributed by atoms with Crippen molar-refractivity contribution >= 4 is 33.6 Å². The molecule has 0 aromatic heterocycles. The van der Waals surface area contributed by atoms with E-state index in [0.717, 1.165) is 23.1 Å². The summed E-state index contributed by atoms with van der Waals surface area (Å²) in [5.41, 5.74) is 0.777. The molecule has 0 aliphatic carbocycles. The van der Waals surface area contributed by atoms with Gasteiger partial charge in [-0.05, 0) is 43.5 Å². The standard InChI is InChI=1S/C19H28BrN3O3/c1-14(2)13-26-19(25)23-10-4-9-22(11-12-23)15(3)18(24)21-17-7-5-16(20)6-8-17/h5-8,14-15H,4,9-13H2,1-3H3,(H,21,24). The smallest absolute Gasteiger partial charge is 0.409 e. The van der Waals surface area contributed by atoms with E-state index in [1.54, 1.807) is 4.90 Å². The molecule has 0 radical (unpaired) electrons. The second-order valence-corrected chi connectivity index (χ2v) is 7.94. The molecular formula is C19H28BrN3O3. The highest BCUT2D eigenvalue weighted by atomic mass is 79.9. The third-order valence-electron chi connectivity index (χ3n) is 4.37. The van der Waals surface area contributed by atoms with E-state index in [-0.39, 0.29) is 18.0 Å². The van der Waals surface area contributed by atoms with Crippen molar-refractivity contribution in [3.8, 4) is 0 Å². The van der Waals surface area contributed by atoms with Gasteiger partial charge < -0.3 is 15.0 Å². The van der Waals surface area contributed by atoms with Gasteiger partial charge in [0.15, 0.2) is 0 Å². The van der Waals surface area contributed by atoms with Crippen molar-refractivity contribution in [1.82, 2.24) is 9.80 Å². The Morgan fingerprint density at radius 1 is 1.12 bits per heavy atom. The lowest BCUT2D eigenvalue weighted by Gasteiger charge is -2.27. The van der Waals surface area contributed by atoms with Crippen LogP contribution in [0.4, 0.5) is 10.5 Å². The van der Waals surface area contributed by atoms with Gasteiger partial charge in [0.05, 0.1) is 12.6 Å². The van der Waals surface area contributed by atoms with Gasteiger partial charge in [0.2, 0.25) is 5.91 Å². The number of carbonyl (C=O) groups is 2. The van der Waals surface area contributed by atoms with Gasteiger partial charge in [-0.25, -0.2) is 4.79 Å². The largest absolute Gasteiger partial charge is 0.449 e. The van der Waals surface area contributed by atoms with Crippen molar-refractivity contribution < 1.29 is 14.3 Å². The quantitative estimate of drug-likeness (QED) is 0.782. The molecule has 2 amide bonds. The fourth-order valence-corrected chi connectivity index (χ4v) is 3.05. The van der Waals surface area contributed by atoms with E-state index in [4.69, 9.17) is 4.74 Å². The predicted molar refractivity (Wildman–Crippen MR) is 106 cm³/mol. The number of carbonyl (C=O) groups excluding carboxylic acids is 2. The van der Waals surface area contributed by atoms with Crippen LogP contribution in [0.15, 0.2) is 28.7 Å². The van der Waals surface area contributed by atoms with Crippen LogP contribution in [-0.4, -0.2) is 60.6 Å². The number of ether oxygens (including phenoxy) is 1. The first-order chi connectivity index (χ1) is 12.4. The van der Waals surface area contributed by atoms with Gasteiger partial charge in [0, 0.05) is 36.3 Å². The Bertz CT molecular complexity index is 607. The van der Waals surface area contributed by atoms with Gasteiger partial charge in [-0.15, -0.1) is 0 Å². The molecule has 1 aromatic carbocycles. The van der Waals surface area contributed by atoms with Crippen molar-refractivity contribution in [3.05, 3.63) is 28.7 Å². The number of hydrogen-bond donors (Lipinski definition) is 1. The molecule has 1 aromatic rings. The minimum absolute atomic E-state index is 0.0387. The molecular weight excluding hydrogens is 398 g/mol. The number of hydrogen-bond acceptors (Lipinski definition) is 4. The van der Waals surface area contributed by atoms with Gasteiger partial charge in [-0.1, -0.05) is 29.8 Å². The van der Waals surface area contributed by atoms with Crippen molar-refractivity contribution in [1.29, 1.82) is 0 Å². The number of rotatable bonds is 5. The van der Waals surface area contributed by atoms with Crippen LogP contribution in [0.25, 0.3) is 0 Å². The highest BCUT2D eigenvalue weighted by molar-refractivity contribution is 9.10. The molecule has 1 heterocycles. The molecule has 1 fully saturated rings. The topological polar surface area (TPSA) is 61.9 Å². The molecule has 1 saturated heterocycles. The summed E-state index contributed by atoms with van der Waals surface area (Å²) in [6.07, 6.45) is 0.569. The number of anilines is 1. The first kappa shape index (κ1) is 20.7. The van der Waals surface area contributed by atoms with Gasteiger partial charge in [0.1, 0.15) is 0 Å². The van der Waals surface area contributed by atoms with Crippen molar-refractivity contribution in [2.24, 2.45) is 5.92 Å². The Morgan fingerprint density at radius 2 is 1.81 bits per heavy atom. The maximum absolute atomic E-state index is 12.5. The monoisotopic (exact) mass is 425 g/mol. The minimum atomic E-state index is -0.259. The second-order valence-electron chi connectivity index (χ2n) is 7.02. The van der Waals surface area contributed by atoms with Crippen LogP contribution in [0.5, 0.6) is 0 Å². The summed E-state index contributed by atoms with van der Waals surface area (Å²) in [5, 5.41) is 2.95. The van der Waals surface area contributed by atoms with Crippen molar-refractivity contribution in [3.63, 3.8) is 0 Å². The van der Waals surface area contributed by atoms with E-state index < -0.39 is 0 Å². The zero-order valence-corrected chi connectivity index (χ0v) is 17.3. The maximum Gasteiger partial charge on any atom is 0.409 e. The van der Waals surface area contributed by atoms with Crippen LogP contribution >= 0.6 is 15.9 Å². The van der Waals surface area contributed by atoms with Crippen LogP contribution in [0.2, 0.25) is 0 Å². The molecule has 7 heteroatoms. The van der Waals surface area contributed by atoms with Gasteiger partial charge >= 0.3 is 6.09 Å². The number of nitrogens with one attached hydrogen (secondary N) is 1. The average Bonchev–Trinajstić information content (AvgIpc) is 2.87. The molecule has 6 nitrogen and oxygen atoms in total. The average molecular weight is 426 g/mol. The van der Waals surface area contributed by atoms with Gasteiger partial charge in [-0.2, -0.15) is 0 Å². The van der Waals surface area contributed by atoms with Crippen LogP contribution in [-0.2, 0) is 9.53 Å². The number of nitrogens with zero attached hydrogens (tertiary/aromatic N) is 2. The van der Waals surface area contributed by atoms with Crippen LogP contribution < -0.4 is 5.32 Å². The van der Waals surface area contributed by atoms with Crippen LogP contribution in [0.1, 0.15) is 27.2 Å². The summed E-state index contributed by atoms with van der Waals surface area (Å²) in [5.74, 6) is 0.285. The number of halogens is 1. The van der Waals surface area contributed by atoms with E-state index in [0.29, 0.717) is 32.2 Å². The van der Waals surface area contributed by atoms with Crippen molar-refractivity contribution in [2.75, 3.05) is 38.1 Å². The fourth-order valence-electron chi connectivity index (χ4n) is 2.78. The van der Waals surface area contributed by atoms with E-state index >= 15 is 0 Å². The minimum Gasteiger partial charge on any atom is -0.449 e. The van der Waals surface area contributed by atoms with Crippen LogP contribution in [0, 0.1) is 5.92 Å². The van der Waals surface area contributed by atoms with E-state index in [1.165, 1.54) is 0 Å². The molecule has 0 spiro atoms. The first-order valence-corrected chi connectivity index (χ1v) is 9.88. The Morgan fingerprint density at radius 3 is 2.46 bits per heavy atom. The molecule has 2 rings (SSSR count). The van der Waals surface area contributed by atoms with Gasteiger partial charge in [0.25, 0.3) is 0 Å². The molecule has 26 heavy (non-hydrogen) atoms. The van der Waals surface area contributed by atoms with E-state index in [1.807, 2.05) is 45.0 Å². The summed E-state index contributed by atoms with van der Waals surface area (Å²) in [4.78, 5) is 28.5. The summed E-state index contributed by atoms with van der Waals surface area (Å²) in [6.45, 7) is 9.05. The summed E-state index contributed by atoms with van der Waals surface area (Å²) >= 11 is 3.38. The predicted octanol–water partition coefficient (Wildman–Crippen LogP) is 3.58. The summed E-state index contributed by atoms with van der Waals surface area (Å²) < 4.78 is 6.29. The summed E-state index contributed by atoms with van der Waals surface area (Å²) in [7, 11) is 0. The Kier molecular flexibility index (Phi) is 7.90.